The highest BCUT2D eigenvalue weighted by atomic mass is 127. The minimum atomic E-state index is -0.194. The van der Waals surface area contributed by atoms with Crippen LogP contribution in [-0.2, 0) is 22.5 Å². The summed E-state index contributed by atoms with van der Waals surface area (Å²) in [7, 11) is 1.42. The first kappa shape index (κ1) is 10.9. The molecule has 1 heterocycles. The molecule has 1 aromatic rings. The van der Waals surface area contributed by atoms with Gasteiger partial charge in [0.05, 0.1) is 7.11 Å². The van der Waals surface area contributed by atoms with Crippen LogP contribution in [0.3, 0.4) is 0 Å². The van der Waals surface area contributed by atoms with E-state index in [1.807, 2.05) is 6.07 Å². The fourth-order valence-electron chi connectivity index (χ4n) is 1.82. The van der Waals surface area contributed by atoms with Gasteiger partial charge in [0.15, 0.2) is 0 Å². The topological polar surface area (TPSA) is 38.3 Å². The lowest BCUT2D eigenvalue weighted by Gasteiger charge is -2.24. The predicted octanol–water partition coefficient (Wildman–Crippen LogP) is 1.48. The minimum Gasteiger partial charge on any atom is -0.468 e. The lowest BCUT2D eigenvalue weighted by Crippen LogP contribution is -2.42. The van der Waals surface area contributed by atoms with Crippen LogP contribution >= 0.6 is 22.6 Å². The van der Waals surface area contributed by atoms with Gasteiger partial charge >= 0.3 is 5.97 Å². The third kappa shape index (κ3) is 2.15. The second-order valence-corrected chi connectivity index (χ2v) is 4.70. The zero-order valence-electron chi connectivity index (χ0n) is 8.42. The molecule has 0 saturated carbocycles. The van der Waals surface area contributed by atoms with Crippen molar-refractivity contribution in [2.45, 2.75) is 19.0 Å². The lowest BCUT2D eigenvalue weighted by molar-refractivity contribution is -0.143. The van der Waals surface area contributed by atoms with Gasteiger partial charge in [0.1, 0.15) is 6.04 Å². The number of halogens is 1. The number of benzene rings is 1. The van der Waals surface area contributed by atoms with Crippen molar-refractivity contribution >= 4 is 28.6 Å². The number of hydrogen-bond acceptors (Lipinski definition) is 3. The van der Waals surface area contributed by atoms with Gasteiger partial charge in [-0.3, -0.25) is 10.1 Å². The second-order valence-electron chi connectivity index (χ2n) is 3.54. The first-order chi connectivity index (χ1) is 7.22. The molecule has 0 spiro atoms. The molecule has 0 aromatic heterocycles. The predicted molar refractivity (Wildman–Crippen MR) is 65.5 cm³/mol. The van der Waals surface area contributed by atoms with Crippen LogP contribution in [0.15, 0.2) is 18.2 Å². The average molecular weight is 317 g/mol. The first-order valence-corrected chi connectivity index (χ1v) is 5.87. The molecular weight excluding hydrogens is 305 g/mol. The minimum absolute atomic E-state index is 0.181. The van der Waals surface area contributed by atoms with Gasteiger partial charge in [0.2, 0.25) is 0 Å². The molecule has 1 aliphatic heterocycles. The number of hydrogen-bond donors (Lipinski definition) is 1. The van der Waals surface area contributed by atoms with E-state index < -0.39 is 0 Å². The highest BCUT2D eigenvalue weighted by molar-refractivity contribution is 14.1. The molecule has 0 fully saturated rings. The Kier molecular flexibility index (Phi) is 3.25. The van der Waals surface area contributed by atoms with E-state index in [2.05, 4.69) is 40.0 Å². The molecule has 3 nitrogen and oxygen atoms in total. The van der Waals surface area contributed by atoms with Gasteiger partial charge in [-0.2, -0.15) is 0 Å². The van der Waals surface area contributed by atoms with Crippen LogP contribution in [0.25, 0.3) is 0 Å². The number of esters is 1. The van der Waals surface area contributed by atoms with E-state index in [1.54, 1.807) is 0 Å². The van der Waals surface area contributed by atoms with Crippen molar-refractivity contribution in [3.63, 3.8) is 0 Å². The van der Waals surface area contributed by atoms with Gasteiger partial charge in [-0.25, -0.2) is 0 Å². The summed E-state index contributed by atoms with van der Waals surface area (Å²) in [6.07, 6.45) is 0.721. The Morgan fingerprint density at radius 1 is 1.60 bits per heavy atom. The van der Waals surface area contributed by atoms with Crippen molar-refractivity contribution in [3.05, 3.63) is 32.9 Å². The maximum absolute atomic E-state index is 11.4. The van der Waals surface area contributed by atoms with Crippen LogP contribution < -0.4 is 5.32 Å². The zero-order valence-corrected chi connectivity index (χ0v) is 10.6. The summed E-state index contributed by atoms with van der Waals surface area (Å²) in [4.78, 5) is 11.4. The second kappa shape index (κ2) is 4.49. The van der Waals surface area contributed by atoms with Crippen molar-refractivity contribution in [2.24, 2.45) is 0 Å². The molecule has 2 rings (SSSR count). The van der Waals surface area contributed by atoms with Crippen molar-refractivity contribution in [2.75, 3.05) is 7.11 Å². The highest BCUT2D eigenvalue weighted by Gasteiger charge is 2.25. The van der Waals surface area contributed by atoms with Crippen molar-refractivity contribution in [1.82, 2.24) is 5.32 Å². The van der Waals surface area contributed by atoms with Crippen molar-refractivity contribution in [3.8, 4) is 0 Å². The largest absolute Gasteiger partial charge is 0.468 e. The molecule has 0 aliphatic carbocycles. The maximum Gasteiger partial charge on any atom is 0.323 e. The van der Waals surface area contributed by atoms with Gasteiger partial charge in [-0.15, -0.1) is 0 Å². The standard InChI is InChI=1S/C11H12INO2/c1-15-11(14)10-5-7-3-2-4-9(12)8(7)6-13-10/h2-4,10,13H,5-6H2,1H3. The van der Waals surface area contributed by atoms with Crippen LogP contribution in [0.5, 0.6) is 0 Å². The van der Waals surface area contributed by atoms with Gasteiger partial charge in [-0.05, 0) is 46.2 Å². The molecule has 4 heteroatoms. The number of rotatable bonds is 1. The molecule has 1 aliphatic rings. The zero-order chi connectivity index (χ0) is 10.8. The highest BCUT2D eigenvalue weighted by Crippen LogP contribution is 2.22. The van der Waals surface area contributed by atoms with Crippen molar-refractivity contribution in [1.29, 1.82) is 0 Å². The maximum atomic E-state index is 11.4. The monoisotopic (exact) mass is 317 g/mol. The third-order valence-corrected chi connectivity index (χ3v) is 3.66. The summed E-state index contributed by atoms with van der Waals surface area (Å²) in [5, 5.41) is 3.19. The molecule has 1 N–H and O–H groups in total. The molecule has 1 atom stereocenters. The van der Waals surface area contributed by atoms with E-state index in [1.165, 1.54) is 21.8 Å². The Bertz CT molecular complexity index is 392. The van der Waals surface area contributed by atoms with Crippen molar-refractivity contribution < 1.29 is 9.53 Å². The Morgan fingerprint density at radius 2 is 2.40 bits per heavy atom. The fraction of sp³-hybridized carbons (Fsp3) is 0.364. The third-order valence-electron chi connectivity index (χ3n) is 2.65. The molecule has 1 aromatic carbocycles. The van der Waals surface area contributed by atoms with E-state index in [0.717, 1.165) is 13.0 Å². The summed E-state index contributed by atoms with van der Waals surface area (Å²) >= 11 is 2.32. The summed E-state index contributed by atoms with van der Waals surface area (Å²) in [6, 6.07) is 5.99. The Morgan fingerprint density at radius 3 is 3.13 bits per heavy atom. The average Bonchev–Trinajstić information content (AvgIpc) is 2.28. The van der Waals surface area contributed by atoms with Gasteiger partial charge in [0.25, 0.3) is 0 Å². The Hall–Kier alpha value is -0.620. The number of methoxy groups -OCH3 is 1. The van der Waals surface area contributed by atoms with E-state index in [0.29, 0.717) is 0 Å². The fourth-order valence-corrected chi connectivity index (χ4v) is 2.56. The summed E-state index contributed by atoms with van der Waals surface area (Å²) in [5.74, 6) is -0.181. The van der Waals surface area contributed by atoms with Crippen LogP contribution in [-0.4, -0.2) is 19.1 Å². The van der Waals surface area contributed by atoms with Gasteiger partial charge in [-0.1, -0.05) is 12.1 Å². The van der Waals surface area contributed by atoms with E-state index in [9.17, 15) is 4.79 Å². The number of fused-ring (bicyclic) bond motifs is 1. The summed E-state index contributed by atoms with van der Waals surface area (Å²) < 4.78 is 5.98. The number of nitrogens with one attached hydrogen (secondary N) is 1. The molecular formula is C11H12INO2. The molecule has 0 bridgehead atoms. The van der Waals surface area contributed by atoms with E-state index in [4.69, 9.17) is 4.74 Å². The molecule has 0 amide bonds. The van der Waals surface area contributed by atoms with Gasteiger partial charge in [0, 0.05) is 10.1 Å². The van der Waals surface area contributed by atoms with Crippen LogP contribution in [0.2, 0.25) is 0 Å². The lowest BCUT2D eigenvalue weighted by atomic mass is 9.96. The Labute approximate surface area is 102 Å². The molecule has 15 heavy (non-hydrogen) atoms. The SMILES string of the molecule is COC(=O)C1Cc2cccc(I)c2CN1. The van der Waals surface area contributed by atoms with Crippen LogP contribution in [0, 0.1) is 3.57 Å². The summed E-state index contributed by atoms with van der Waals surface area (Å²) in [6.45, 7) is 0.744. The normalized spacial score (nSPS) is 19.5. The quantitative estimate of drug-likeness (QED) is 0.630. The van der Waals surface area contributed by atoms with E-state index in [-0.39, 0.29) is 12.0 Å². The smallest absolute Gasteiger partial charge is 0.323 e. The van der Waals surface area contributed by atoms with Crippen LogP contribution in [0.1, 0.15) is 11.1 Å². The van der Waals surface area contributed by atoms with Crippen LogP contribution in [0.4, 0.5) is 0 Å². The molecule has 1 unspecified atom stereocenters. The number of carbonyl (C=O) groups excluding carboxylic acids is 1. The number of ether oxygens (including phenoxy) is 1. The first-order valence-electron chi connectivity index (χ1n) is 4.80. The number of carbonyl (C=O) groups is 1. The Balaban J connectivity index is 2.24. The summed E-state index contributed by atoms with van der Waals surface area (Å²) in [5.41, 5.74) is 2.55. The van der Waals surface area contributed by atoms with Gasteiger partial charge < -0.3 is 4.74 Å². The molecule has 0 saturated heterocycles. The van der Waals surface area contributed by atoms with E-state index >= 15 is 0 Å². The molecule has 0 radical (unpaired) electrons. The molecule has 80 valence electrons.